The van der Waals surface area contributed by atoms with Crippen molar-refractivity contribution >= 4 is 5.97 Å². The lowest BCUT2D eigenvalue weighted by Gasteiger charge is -2.10. The number of rotatable bonds is 2. The molecule has 0 heterocycles. The predicted molar refractivity (Wildman–Crippen MR) is 46.3 cm³/mol. The molecule has 0 bridgehead atoms. The molecule has 0 aromatic rings. The van der Waals surface area contributed by atoms with Gasteiger partial charge in [0.15, 0.2) is 6.61 Å². The molecular weight excluding hydrogens is 152 g/mol. The van der Waals surface area contributed by atoms with Crippen molar-refractivity contribution in [2.75, 3.05) is 6.61 Å². The summed E-state index contributed by atoms with van der Waals surface area (Å²) in [4.78, 5) is 11.2. The van der Waals surface area contributed by atoms with Crippen LogP contribution in [0.1, 0.15) is 25.7 Å². The minimum atomic E-state index is -0.243. The third-order valence-corrected chi connectivity index (χ3v) is 1.84. The summed E-state index contributed by atoms with van der Waals surface area (Å²) in [5.41, 5.74) is 0.788. The van der Waals surface area contributed by atoms with Gasteiger partial charge in [-0.2, -0.15) is 0 Å². The van der Waals surface area contributed by atoms with E-state index in [1.807, 2.05) is 6.08 Å². The van der Waals surface area contributed by atoms with Crippen molar-refractivity contribution in [3.63, 3.8) is 0 Å². The molecule has 0 saturated carbocycles. The van der Waals surface area contributed by atoms with Crippen molar-refractivity contribution < 1.29 is 9.53 Å². The fraction of sp³-hybridized carbons (Fsp3) is 0.500. The summed E-state index contributed by atoms with van der Waals surface area (Å²) in [7, 11) is 0. The van der Waals surface area contributed by atoms with E-state index in [4.69, 9.17) is 11.2 Å². The molecular formula is C10H12O2. The Hall–Kier alpha value is -1.23. The molecule has 0 unspecified atom stereocenters. The van der Waals surface area contributed by atoms with Crippen LogP contribution >= 0.6 is 0 Å². The molecule has 0 radical (unpaired) electrons. The number of ether oxygens (including phenoxy) is 1. The summed E-state index contributed by atoms with van der Waals surface area (Å²) < 4.78 is 4.79. The lowest BCUT2D eigenvalue weighted by Crippen LogP contribution is -2.10. The first-order valence-electron chi connectivity index (χ1n) is 4.14. The molecule has 1 aliphatic carbocycles. The van der Waals surface area contributed by atoms with E-state index < -0.39 is 0 Å². The highest BCUT2D eigenvalue weighted by atomic mass is 16.5. The monoisotopic (exact) mass is 164 g/mol. The first-order valence-corrected chi connectivity index (χ1v) is 4.14. The molecule has 1 aliphatic rings. The Morgan fingerprint density at radius 1 is 1.67 bits per heavy atom. The van der Waals surface area contributed by atoms with Gasteiger partial charge < -0.3 is 4.74 Å². The summed E-state index contributed by atoms with van der Waals surface area (Å²) in [6.45, 7) is 0.0795. The van der Waals surface area contributed by atoms with Gasteiger partial charge in [-0.25, -0.2) is 4.79 Å². The van der Waals surface area contributed by atoms with Crippen LogP contribution in [0.4, 0.5) is 0 Å². The van der Waals surface area contributed by atoms with Gasteiger partial charge in [0.25, 0.3) is 0 Å². The van der Waals surface area contributed by atoms with Gasteiger partial charge in [0, 0.05) is 5.57 Å². The normalized spacial score (nSPS) is 16.1. The Bertz CT molecular complexity index is 233. The Morgan fingerprint density at radius 3 is 3.08 bits per heavy atom. The Morgan fingerprint density at radius 2 is 2.50 bits per heavy atom. The largest absolute Gasteiger partial charge is 0.449 e. The maximum Gasteiger partial charge on any atom is 0.334 e. The molecule has 0 atom stereocenters. The van der Waals surface area contributed by atoms with Crippen LogP contribution in [-0.2, 0) is 9.53 Å². The molecule has 0 spiro atoms. The van der Waals surface area contributed by atoms with E-state index in [0.29, 0.717) is 0 Å². The Labute approximate surface area is 72.6 Å². The van der Waals surface area contributed by atoms with E-state index in [-0.39, 0.29) is 12.6 Å². The van der Waals surface area contributed by atoms with Gasteiger partial charge in [0.1, 0.15) is 0 Å². The lowest BCUT2D eigenvalue weighted by molar-refractivity contribution is -0.137. The maximum atomic E-state index is 11.2. The molecule has 0 aliphatic heterocycles. The zero-order chi connectivity index (χ0) is 8.81. The minimum absolute atomic E-state index is 0.0795. The summed E-state index contributed by atoms with van der Waals surface area (Å²) in [5, 5.41) is 0. The van der Waals surface area contributed by atoms with Crippen molar-refractivity contribution in [2.24, 2.45) is 0 Å². The van der Waals surface area contributed by atoms with Crippen molar-refractivity contribution in [1.29, 1.82) is 0 Å². The second-order valence-corrected chi connectivity index (χ2v) is 2.76. The topological polar surface area (TPSA) is 26.3 Å². The highest BCUT2D eigenvalue weighted by molar-refractivity contribution is 5.88. The van der Waals surface area contributed by atoms with Crippen LogP contribution in [0, 0.1) is 12.3 Å². The zero-order valence-corrected chi connectivity index (χ0v) is 7.01. The number of esters is 1. The van der Waals surface area contributed by atoms with Gasteiger partial charge in [0.05, 0.1) is 0 Å². The molecule has 2 heteroatoms. The smallest absolute Gasteiger partial charge is 0.334 e. The van der Waals surface area contributed by atoms with E-state index in [9.17, 15) is 4.79 Å². The van der Waals surface area contributed by atoms with E-state index in [2.05, 4.69) is 5.92 Å². The van der Waals surface area contributed by atoms with Crippen molar-refractivity contribution in [3.05, 3.63) is 11.6 Å². The molecule has 0 aromatic heterocycles. The molecule has 0 N–H and O–H groups in total. The average molecular weight is 164 g/mol. The molecule has 64 valence electrons. The van der Waals surface area contributed by atoms with Crippen molar-refractivity contribution in [2.45, 2.75) is 25.7 Å². The van der Waals surface area contributed by atoms with Gasteiger partial charge in [-0.05, 0) is 25.7 Å². The summed E-state index contributed by atoms with van der Waals surface area (Å²) in [5.74, 6) is 2.02. The van der Waals surface area contributed by atoms with Gasteiger partial charge in [-0.3, -0.25) is 0 Å². The van der Waals surface area contributed by atoms with Gasteiger partial charge in [-0.1, -0.05) is 12.0 Å². The van der Waals surface area contributed by atoms with E-state index >= 15 is 0 Å². The van der Waals surface area contributed by atoms with Crippen LogP contribution in [0.3, 0.4) is 0 Å². The quantitative estimate of drug-likeness (QED) is 0.458. The molecule has 0 amide bonds. The number of hydrogen-bond acceptors (Lipinski definition) is 2. The molecule has 0 aromatic carbocycles. The first-order chi connectivity index (χ1) is 5.84. The summed E-state index contributed by atoms with van der Waals surface area (Å²) in [6.07, 6.45) is 11.0. The van der Waals surface area contributed by atoms with Crippen LogP contribution < -0.4 is 0 Å². The third kappa shape index (κ3) is 2.43. The second-order valence-electron chi connectivity index (χ2n) is 2.76. The molecule has 1 rings (SSSR count). The van der Waals surface area contributed by atoms with Crippen LogP contribution in [0.25, 0.3) is 0 Å². The lowest BCUT2D eigenvalue weighted by atomic mass is 10.00. The molecule has 0 fully saturated rings. The van der Waals surface area contributed by atoms with Gasteiger partial charge >= 0.3 is 5.97 Å². The summed E-state index contributed by atoms with van der Waals surface area (Å²) in [6, 6.07) is 0. The molecule has 0 saturated heterocycles. The van der Waals surface area contributed by atoms with Crippen LogP contribution in [-0.4, -0.2) is 12.6 Å². The number of carbonyl (C=O) groups is 1. The van der Waals surface area contributed by atoms with Crippen molar-refractivity contribution in [1.82, 2.24) is 0 Å². The fourth-order valence-electron chi connectivity index (χ4n) is 1.22. The van der Waals surface area contributed by atoms with Crippen molar-refractivity contribution in [3.8, 4) is 12.3 Å². The van der Waals surface area contributed by atoms with Crippen LogP contribution in [0.2, 0.25) is 0 Å². The standard InChI is InChI=1S/C10H12O2/c1-2-8-12-10(11)9-6-4-3-5-7-9/h1,6H,3-5,7-8H2. The number of hydrogen-bond donors (Lipinski definition) is 0. The van der Waals surface area contributed by atoms with Crippen LogP contribution in [0.15, 0.2) is 11.6 Å². The van der Waals surface area contributed by atoms with E-state index in [1.54, 1.807) is 0 Å². The van der Waals surface area contributed by atoms with Crippen LogP contribution in [0.5, 0.6) is 0 Å². The second kappa shape index (κ2) is 4.61. The Balaban J connectivity index is 2.41. The first kappa shape index (κ1) is 8.86. The summed E-state index contributed by atoms with van der Waals surface area (Å²) >= 11 is 0. The predicted octanol–water partition coefficient (Wildman–Crippen LogP) is 1.66. The van der Waals surface area contributed by atoms with E-state index in [1.165, 1.54) is 6.42 Å². The Kier molecular flexibility index (Phi) is 3.40. The fourth-order valence-corrected chi connectivity index (χ4v) is 1.22. The molecule has 12 heavy (non-hydrogen) atoms. The average Bonchev–Trinajstić information content (AvgIpc) is 2.15. The highest BCUT2D eigenvalue weighted by Crippen LogP contribution is 2.17. The number of carbonyl (C=O) groups excluding carboxylic acids is 1. The number of allylic oxidation sites excluding steroid dienone is 1. The van der Waals surface area contributed by atoms with Gasteiger partial charge in [0.2, 0.25) is 0 Å². The zero-order valence-electron chi connectivity index (χ0n) is 7.01. The van der Waals surface area contributed by atoms with E-state index in [0.717, 1.165) is 24.8 Å². The highest BCUT2D eigenvalue weighted by Gasteiger charge is 2.12. The minimum Gasteiger partial charge on any atom is -0.449 e. The number of terminal acetylenes is 1. The molecule has 2 nitrogen and oxygen atoms in total. The SMILES string of the molecule is C#CCOC(=O)C1=CCCCC1. The van der Waals surface area contributed by atoms with Gasteiger partial charge in [-0.15, -0.1) is 6.42 Å². The third-order valence-electron chi connectivity index (χ3n) is 1.84. The maximum absolute atomic E-state index is 11.2.